The van der Waals surface area contributed by atoms with E-state index in [1.54, 1.807) is 0 Å². The van der Waals surface area contributed by atoms with Gasteiger partial charge in [-0.25, -0.2) is 13.4 Å². The van der Waals surface area contributed by atoms with Gasteiger partial charge in [0.25, 0.3) is 0 Å². The summed E-state index contributed by atoms with van der Waals surface area (Å²) in [6.07, 6.45) is 2.11. The zero-order valence-corrected chi connectivity index (χ0v) is 12.5. The van der Waals surface area contributed by atoms with Crippen molar-refractivity contribution >= 4 is 37.6 Å². The maximum atomic E-state index is 12.4. The number of pyridine rings is 1. The van der Waals surface area contributed by atoms with Gasteiger partial charge in [0.05, 0.1) is 0 Å². The first-order valence-corrected chi connectivity index (χ1v) is 7.98. The van der Waals surface area contributed by atoms with Crippen LogP contribution in [0.4, 0.5) is 0 Å². The molecule has 8 heteroatoms. The molecule has 2 heterocycles. The van der Waals surface area contributed by atoms with E-state index in [9.17, 15) is 8.42 Å². The molecule has 0 radical (unpaired) electrons. The van der Waals surface area contributed by atoms with E-state index in [1.807, 2.05) is 0 Å². The summed E-state index contributed by atoms with van der Waals surface area (Å²) < 4.78 is 26.6. The summed E-state index contributed by atoms with van der Waals surface area (Å²) in [6.45, 7) is 0.717. The quantitative estimate of drug-likeness (QED) is 0.834. The Hall–Kier alpha value is -0.210. The third-order valence-electron chi connectivity index (χ3n) is 2.90. The minimum absolute atomic E-state index is 0.00124. The highest BCUT2D eigenvalue weighted by molar-refractivity contribution is 9.10. The average Bonchev–Trinajstić information content (AvgIpc) is 2.81. The van der Waals surface area contributed by atoms with Crippen molar-refractivity contribution in [1.82, 2.24) is 9.29 Å². The van der Waals surface area contributed by atoms with Crippen molar-refractivity contribution in [2.24, 2.45) is 5.92 Å². The lowest BCUT2D eigenvalue weighted by atomic mass is 10.1. The second-order valence-corrected chi connectivity index (χ2v) is 7.32. The molecule has 0 amide bonds. The van der Waals surface area contributed by atoms with Crippen molar-refractivity contribution in [3.63, 3.8) is 0 Å². The van der Waals surface area contributed by atoms with Crippen LogP contribution in [0.2, 0.25) is 5.15 Å². The number of aliphatic hydroxyl groups excluding tert-OH is 1. The standard InChI is InChI=1S/C10H12BrClN2O3S/c11-8-3-9(10(12)13-4-8)18(16,17)14-2-1-7(5-14)6-15/h3-4,7,15H,1-2,5-6H2. The summed E-state index contributed by atoms with van der Waals surface area (Å²) in [5.74, 6) is -0.00124. The number of hydrogen-bond acceptors (Lipinski definition) is 4. The van der Waals surface area contributed by atoms with Gasteiger partial charge < -0.3 is 5.11 Å². The highest BCUT2D eigenvalue weighted by atomic mass is 79.9. The molecule has 1 aromatic rings. The fourth-order valence-corrected chi connectivity index (χ4v) is 4.34. The summed E-state index contributed by atoms with van der Waals surface area (Å²) in [7, 11) is -3.64. The van der Waals surface area contributed by atoms with E-state index in [4.69, 9.17) is 16.7 Å². The Morgan fingerprint density at radius 3 is 2.94 bits per heavy atom. The van der Waals surface area contributed by atoms with Gasteiger partial charge in [-0.05, 0) is 34.3 Å². The third-order valence-corrected chi connectivity index (χ3v) is 5.62. The molecule has 18 heavy (non-hydrogen) atoms. The molecule has 0 bridgehead atoms. The van der Waals surface area contributed by atoms with Crippen molar-refractivity contribution < 1.29 is 13.5 Å². The molecule has 1 aliphatic heterocycles. The van der Waals surface area contributed by atoms with E-state index < -0.39 is 10.0 Å². The van der Waals surface area contributed by atoms with E-state index in [1.165, 1.54) is 16.6 Å². The van der Waals surface area contributed by atoms with Crippen LogP contribution < -0.4 is 0 Å². The molecular weight excluding hydrogens is 344 g/mol. The molecule has 1 fully saturated rings. The van der Waals surface area contributed by atoms with Gasteiger partial charge in [0.2, 0.25) is 10.0 Å². The maximum absolute atomic E-state index is 12.4. The molecule has 1 unspecified atom stereocenters. The van der Waals surface area contributed by atoms with Gasteiger partial charge >= 0.3 is 0 Å². The molecular formula is C10H12BrClN2O3S. The first kappa shape index (κ1) is 14.2. The smallest absolute Gasteiger partial charge is 0.246 e. The predicted molar refractivity (Wildman–Crippen MR) is 70.9 cm³/mol. The largest absolute Gasteiger partial charge is 0.396 e. The van der Waals surface area contributed by atoms with E-state index in [-0.39, 0.29) is 22.6 Å². The van der Waals surface area contributed by atoms with Crippen LogP contribution in [-0.2, 0) is 10.0 Å². The Morgan fingerprint density at radius 2 is 2.33 bits per heavy atom. The molecule has 1 saturated heterocycles. The number of rotatable bonds is 3. The van der Waals surface area contributed by atoms with Gasteiger partial charge in [0.1, 0.15) is 10.0 Å². The number of halogens is 2. The fourth-order valence-electron chi connectivity index (χ4n) is 1.89. The number of aliphatic hydroxyl groups is 1. The Kier molecular flexibility index (Phi) is 4.28. The lowest BCUT2D eigenvalue weighted by Gasteiger charge is -2.16. The molecule has 0 aromatic carbocycles. The zero-order valence-electron chi connectivity index (χ0n) is 9.38. The Balaban J connectivity index is 2.34. The van der Waals surface area contributed by atoms with Crippen molar-refractivity contribution in [2.75, 3.05) is 19.7 Å². The minimum Gasteiger partial charge on any atom is -0.396 e. The highest BCUT2D eigenvalue weighted by Gasteiger charge is 2.33. The molecule has 5 nitrogen and oxygen atoms in total. The van der Waals surface area contributed by atoms with Gasteiger partial charge in [-0.1, -0.05) is 11.6 Å². The molecule has 1 aromatic heterocycles. The van der Waals surface area contributed by atoms with Crippen LogP contribution >= 0.6 is 27.5 Å². The summed E-state index contributed by atoms with van der Waals surface area (Å²) in [5.41, 5.74) is 0. The van der Waals surface area contributed by atoms with Gasteiger partial charge in [0.15, 0.2) is 0 Å². The lowest BCUT2D eigenvalue weighted by Crippen LogP contribution is -2.29. The van der Waals surface area contributed by atoms with E-state index in [0.717, 1.165) is 0 Å². The molecule has 1 aliphatic rings. The molecule has 1 atom stereocenters. The van der Waals surface area contributed by atoms with Gasteiger partial charge in [-0.15, -0.1) is 0 Å². The van der Waals surface area contributed by atoms with E-state index in [2.05, 4.69) is 20.9 Å². The minimum atomic E-state index is -3.64. The van der Waals surface area contributed by atoms with Gasteiger partial charge in [-0.3, -0.25) is 0 Å². The van der Waals surface area contributed by atoms with Crippen LogP contribution in [0.1, 0.15) is 6.42 Å². The van der Waals surface area contributed by atoms with Crippen LogP contribution in [-0.4, -0.2) is 42.5 Å². The van der Waals surface area contributed by atoms with Gasteiger partial charge in [-0.2, -0.15) is 4.31 Å². The summed E-state index contributed by atoms with van der Waals surface area (Å²) in [5, 5.41) is 9.01. The molecule has 0 aliphatic carbocycles. The van der Waals surface area contributed by atoms with Crippen LogP contribution in [0, 0.1) is 5.92 Å². The first-order valence-electron chi connectivity index (χ1n) is 5.37. The molecule has 2 rings (SSSR count). The Labute approximate surface area is 119 Å². The second kappa shape index (κ2) is 5.42. The molecule has 100 valence electrons. The molecule has 0 saturated carbocycles. The Bertz CT molecular complexity index is 552. The number of nitrogens with zero attached hydrogens (tertiary/aromatic N) is 2. The average molecular weight is 356 g/mol. The highest BCUT2D eigenvalue weighted by Crippen LogP contribution is 2.29. The molecule has 1 N–H and O–H groups in total. The fraction of sp³-hybridized carbons (Fsp3) is 0.500. The number of sulfonamides is 1. The Morgan fingerprint density at radius 1 is 1.61 bits per heavy atom. The van der Waals surface area contributed by atoms with Crippen molar-refractivity contribution in [3.8, 4) is 0 Å². The first-order chi connectivity index (χ1) is 8.45. The summed E-state index contributed by atoms with van der Waals surface area (Å²) in [6, 6.07) is 1.44. The van der Waals surface area contributed by atoms with E-state index >= 15 is 0 Å². The normalized spacial score (nSPS) is 21.4. The van der Waals surface area contributed by atoms with Crippen LogP contribution in [0.3, 0.4) is 0 Å². The van der Waals surface area contributed by atoms with Crippen LogP contribution in [0.25, 0.3) is 0 Å². The van der Waals surface area contributed by atoms with E-state index in [0.29, 0.717) is 24.0 Å². The zero-order chi connectivity index (χ0) is 13.3. The van der Waals surface area contributed by atoms with Crippen LogP contribution in [0.15, 0.2) is 21.6 Å². The molecule has 0 spiro atoms. The number of hydrogen-bond donors (Lipinski definition) is 1. The lowest BCUT2D eigenvalue weighted by molar-refractivity contribution is 0.233. The third kappa shape index (κ3) is 2.70. The van der Waals surface area contributed by atoms with Crippen molar-refractivity contribution in [1.29, 1.82) is 0 Å². The number of aromatic nitrogens is 1. The SMILES string of the molecule is O=S(=O)(c1cc(Br)cnc1Cl)N1CCC(CO)C1. The van der Waals surface area contributed by atoms with Crippen molar-refractivity contribution in [2.45, 2.75) is 11.3 Å². The summed E-state index contributed by atoms with van der Waals surface area (Å²) >= 11 is 9.02. The monoisotopic (exact) mass is 354 g/mol. The van der Waals surface area contributed by atoms with Crippen molar-refractivity contribution in [3.05, 3.63) is 21.9 Å². The van der Waals surface area contributed by atoms with Gasteiger partial charge in [0, 0.05) is 30.4 Å². The topological polar surface area (TPSA) is 70.5 Å². The summed E-state index contributed by atoms with van der Waals surface area (Å²) in [4.78, 5) is 3.82. The predicted octanol–water partition coefficient (Wildman–Crippen LogP) is 1.50. The maximum Gasteiger partial charge on any atom is 0.246 e. The second-order valence-electron chi connectivity index (χ2n) is 4.14. The van der Waals surface area contributed by atoms with Crippen LogP contribution in [0.5, 0.6) is 0 Å².